The molecule has 0 saturated heterocycles. The lowest BCUT2D eigenvalue weighted by atomic mass is 10.2. The number of rotatable bonds is 3. The summed E-state index contributed by atoms with van der Waals surface area (Å²) in [7, 11) is 0. The quantitative estimate of drug-likeness (QED) is 0.719. The fourth-order valence-corrected chi connectivity index (χ4v) is 1.32. The Morgan fingerprint density at radius 2 is 2.19 bits per heavy atom. The Kier molecular flexibility index (Phi) is 2.86. The molecule has 0 unspecified atom stereocenters. The molecule has 16 heavy (non-hydrogen) atoms. The number of phenolic OH excluding ortho intramolecular Hbond substituents is 1. The van der Waals surface area contributed by atoms with E-state index in [2.05, 4.69) is 15.5 Å². The van der Waals surface area contributed by atoms with Crippen LogP contribution in [0.25, 0.3) is 0 Å². The second kappa shape index (κ2) is 4.48. The summed E-state index contributed by atoms with van der Waals surface area (Å²) in [6, 6.07) is 8.18. The number of benzene rings is 1. The maximum Gasteiger partial charge on any atom is 0.255 e. The molecule has 1 amide bonds. The number of carbonyl (C=O) groups is 1. The molecule has 1 aromatic heterocycles. The minimum absolute atomic E-state index is 0.0235. The first-order chi connectivity index (χ1) is 7.77. The predicted octanol–water partition coefficient (Wildman–Crippen LogP) is 1.05. The number of aromatic hydroxyl groups is 1. The average Bonchev–Trinajstić information content (AvgIpc) is 2.79. The van der Waals surface area contributed by atoms with E-state index in [1.165, 1.54) is 6.07 Å². The third-order valence-electron chi connectivity index (χ3n) is 2.15. The maximum atomic E-state index is 11.7. The summed E-state index contributed by atoms with van der Waals surface area (Å²) in [5.74, 6) is -0.336. The van der Waals surface area contributed by atoms with Crippen molar-refractivity contribution in [2.24, 2.45) is 0 Å². The molecule has 3 N–H and O–H groups in total. The Morgan fingerprint density at radius 3 is 2.88 bits per heavy atom. The van der Waals surface area contributed by atoms with Crippen LogP contribution in [0.2, 0.25) is 0 Å². The van der Waals surface area contributed by atoms with Crippen LogP contribution in [0.4, 0.5) is 0 Å². The molecule has 0 aliphatic rings. The molecular weight excluding hydrogens is 206 g/mol. The van der Waals surface area contributed by atoms with Crippen LogP contribution in [0.5, 0.6) is 5.75 Å². The number of carbonyl (C=O) groups excluding carboxylic acids is 1. The number of hydrogen-bond acceptors (Lipinski definition) is 3. The van der Waals surface area contributed by atoms with Gasteiger partial charge in [-0.2, -0.15) is 5.10 Å². The second-order valence-corrected chi connectivity index (χ2v) is 3.28. The lowest BCUT2D eigenvalue weighted by Gasteiger charge is -2.04. The maximum absolute atomic E-state index is 11.7. The predicted molar refractivity (Wildman–Crippen MR) is 57.9 cm³/mol. The normalized spacial score (nSPS) is 10.0. The van der Waals surface area contributed by atoms with Crippen molar-refractivity contribution in [3.05, 3.63) is 47.8 Å². The van der Waals surface area contributed by atoms with Gasteiger partial charge < -0.3 is 10.4 Å². The zero-order valence-corrected chi connectivity index (χ0v) is 8.47. The summed E-state index contributed by atoms with van der Waals surface area (Å²) in [4.78, 5) is 11.7. The fourth-order valence-electron chi connectivity index (χ4n) is 1.32. The van der Waals surface area contributed by atoms with E-state index in [0.29, 0.717) is 6.54 Å². The van der Waals surface area contributed by atoms with Gasteiger partial charge in [0.25, 0.3) is 5.91 Å². The third-order valence-corrected chi connectivity index (χ3v) is 2.15. The van der Waals surface area contributed by atoms with Gasteiger partial charge in [-0.25, -0.2) is 0 Å². The Morgan fingerprint density at radius 1 is 1.38 bits per heavy atom. The number of hydrogen-bond donors (Lipinski definition) is 3. The number of nitrogens with zero attached hydrogens (tertiary/aromatic N) is 1. The highest BCUT2D eigenvalue weighted by atomic mass is 16.3. The van der Waals surface area contributed by atoms with E-state index in [4.69, 9.17) is 0 Å². The summed E-state index contributed by atoms with van der Waals surface area (Å²) in [6.07, 6.45) is 1.61. The molecule has 0 aliphatic carbocycles. The molecule has 2 aromatic rings. The largest absolute Gasteiger partial charge is 0.507 e. The average molecular weight is 217 g/mol. The summed E-state index contributed by atoms with van der Waals surface area (Å²) < 4.78 is 0. The van der Waals surface area contributed by atoms with Gasteiger partial charge in [-0.3, -0.25) is 9.89 Å². The SMILES string of the molecule is O=C(NCc1ccn[nH]1)c1ccccc1O. The zero-order valence-electron chi connectivity index (χ0n) is 8.47. The van der Waals surface area contributed by atoms with Crippen LogP contribution in [-0.4, -0.2) is 21.2 Å². The third kappa shape index (κ3) is 2.20. The van der Waals surface area contributed by atoms with Crippen molar-refractivity contribution in [1.29, 1.82) is 0 Å². The van der Waals surface area contributed by atoms with Crippen LogP contribution < -0.4 is 5.32 Å². The van der Waals surface area contributed by atoms with Gasteiger partial charge in [0.2, 0.25) is 0 Å². The van der Waals surface area contributed by atoms with Crippen molar-refractivity contribution in [3.63, 3.8) is 0 Å². The monoisotopic (exact) mass is 217 g/mol. The molecule has 0 fully saturated rings. The number of aromatic amines is 1. The van der Waals surface area contributed by atoms with E-state index in [-0.39, 0.29) is 17.2 Å². The van der Waals surface area contributed by atoms with Gasteiger partial charge in [0.1, 0.15) is 5.75 Å². The summed E-state index contributed by atoms with van der Waals surface area (Å²) in [5.41, 5.74) is 1.07. The number of amides is 1. The smallest absolute Gasteiger partial charge is 0.255 e. The van der Waals surface area contributed by atoms with Gasteiger partial charge in [-0.1, -0.05) is 12.1 Å². The van der Waals surface area contributed by atoms with Crippen LogP contribution in [-0.2, 0) is 6.54 Å². The van der Waals surface area contributed by atoms with Gasteiger partial charge in [0.05, 0.1) is 17.8 Å². The van der Waals surface area contributed by atoms with Gasteiger partial charge in [-0.05, 0) is 18.2 Å². The van der Waals surface area contributed by atoms with Crippen molar-refractivity contribution >= 4 is 5.91 Å². The van der Waals surface area contributed by atoms with E-state index in [1.807, 2.05) is 0 Å². The minimum Gasteiger partial charge on any atom is -0.507 e. The molecule has 0 spiro atoms. The van der Waals surface area contributed by atoms with Crippen molar-refractivity contribution in [2.75, 3.05) is 0 Å². The first-order valence-corrected chi connectivity index (χ1v) is 4.82. The molecule has 0 saturated carbocycles. The van der Waals surface area contributed by atoms with E-state index in [0.717, 1.165) is 5.69 Å². The molecule has 1 heterocycles. The van der Waals surface area contributed by atoms with E-state index in [9.17, 15) is 9.90 Å². The van der Waals surface area contributed by atoms with Gasteiger partial charge >= 0.3 is 0 Å². The number of nitrogens with one attached hydrogen (secondary N) is 2. The van der Waals surface area contributed by atoms with Crippen molar-refractivity contribution in [1.82, 2.24) is 15.5 Å². The molecule has 5 nitrogen and oxygen atoms in total. The van der Waals surface area contributed by atoms with Crippen LogP contribution in [0.1, 0.15) is 16.1 Å². The first kappa shape index (κ1) is 10.2. The topological polar surface area (TPSA) is 78.0 Å². The molecule has 0 atom stereocenters. The van der Waals surface area contributed by atoms with E-state index in [1.54, 1.807) is 30.5 Å². The molecule has 1 aromatic carbocycles. The molecule has 82 valence electrons. The Balaban J connectivity index is 2.01. The van der Waals surface area contributed by atoms with Gasteiger partial charge in [-0.15, -0.1) is 0 Å². The molecule has 5 heteroatoms. The number of H-pyrrole nitrogens is 1. The van der Waals surface area contributed by atoms with Crippen molar-refractivity contribution < 1.29 is 9.90 Å². The molecule has 0 aliphatic heterocycles. The molecule has 0 bridgehead atoms. The minimum atomic E-state index is -0.312. The zero-order chi connectivity index (χ0) is 11.4. The summed E-state index contributed by atoms with van der Waals surface area (Å²) >= 11 is 0. The number of phenols is 1. The Hall–Kier alpha value is -2.30. The van der Waals surface area contributed by atoms with Gasteiger partial charge in [0, 0.05) is 6.20 Å². The molecule has 2 rings (SSSR count). The van der Waals surface area contributed by atoms with Crippen LogP contribution in [0.15, 0.2) is 36.5 Å². The highest BCUT2D eigenvalue weighted by Crippen LogP contribution is 2.14. The van der Waals surface area contributed by atoms with E-state index < -0.39 is 0 Å². The lowest BCUT2D eigenvalue weighted by Crippen LogP contribution is -2.23. The Bertz CT molecular complexity index is 480. The van der Waals surface area contributed by atoms with Crippen LogP contribution in [0, 0.1) is 0 Å². The van der Waals surface area contributed by atoms with Crippen LogP contribution in [0.3, 0.4) is 0 Å². The Labute approximate surface area is 92.1 Å². The van der Waals surface area contributed by atoms with Gasteiger partial charge in [0.15, 0.2) is 0 Å². The lowest BCUT2D eigenvalue weighted by molar-refractivity contribution is 0.0948. The second-order valence-electron chi connectivity index (χ2n) is 3.28. The fraction of sp³-hybridized carbons (Fsp3) is 0.0909. The van der Waals surface area contributed by atoms with Crippen molar-refractivity contribution in [2.45, 2.75) is 6.54 Å². The molecule has 0 radical (unpaired) electrons. The van der Waals surface area contributed by atoms with E-state index >= 15 is 0 Å². The van der Waals surface area contributed by atoms with Crippen molar-refractivity contribution in [3.8, 4) is 5.75 Å². The highest BCUT2D eigenvalue weighted by Gasteiger charge is 2.09. The number of para-hydroxylation sites is 1. The van der Waals surface area contributed by atoms with Crippen LogP contribution >= 0.6 is 0 Å². The molecular formula is C11H11N3O2. The highest BCUT2D eigenvalue weighted by molar-refractivity contribution is 5.96. The summed E-state index contributed by atoms with van der Waals surface area (Å²) in [6.45, 7) is 0.354. The number of aromatic nitrogens is 2. The standard InChI is InChI=1S/C11H11N3O2/c15-10-4-2-1-3-9(10)11(16)12-7-8-5-6-13-14-8/h1-6,15H,7H2,(H,12,16)(H,13,14). The summed E-state index contributed by atoms with van der Waals surface area (Å²) in [5, 5.41) is 18.6. The first-order valence-electron chi connectivity index (χ1n) is 4.82.